The van der Waals surface area contributed by atoms with E-state index in [2.05, 4.69) is 10.1 Å². The Morgan fingerprint density at radius 1 is 0.957 bits per heavy atom. The number of hydrogen-bond acceptors (Lipinski definition) is 11. The van der Waals surface area contributed by atoms with Gasteiger partial charge in [-0.05, 0) is 42.0 Å². The van der Waals surface area contributed by atoms with Crippen molar-refractivity contribution in [2.45, 2.75) is 18.3 Å². The third kappa shape index (κ3) is 3.81. The van der Waals surface area contributed by atoms with Crippen LogP contribution in [0.2, 0.25) is 0 Å². The molecular formula is C33H22N4O10. The van der Waals surface area contributed by atoms with Gasteiger partial charge in [-0.2, -0.15) is 10.1 Å². The summed E-state index contributed by atoms with van der Waals surface area (Å²) in [5.74, 6) is -6.96. The second-order valence-corrected chi connectivity index (χ2v) is 11.2. The maximum atomic E-state index is 14.1. The van der Waals surface area contributed by atoms with Gasteiger partial charge in [0.1, 0.15) is 22.7 Å². The number of nitrogens with zero attached hydrogens (tertiary/aromatic N) is 2. The number of H-pyrrole nitrogens is 1. The molecule has 0 saturated carbocycles. The van der Waals surface area contributed by atoms with Gasteiger partial charge >= 0.3 is 6.03 Å². The molecule has 14 heteroatoms. The number of carbonyl (C=O) groups is 5. The van der Waals surface area contributed by atoms with E-state index in [9.17, 15) is 44.1 Å². The topological polar surface area (TPSA) is 230 Å². The van der Waals surface area contributed by atoms with Gasteiger partial charge in [0.2, 0.25) is 5.78 Å². The number of ketones is 4. The first-order valence-electron chi connectivity index (χ1n) is 14.1. The number of amides is 2. The number of carbonyl (C=O) groups excluding carboxylic acids is 5. The SMILES string of the molecule is COC1=CC(=O)c2c(O)c3c(c(O)c2C1=O)C(=O)C1(CCc2cc4cc(C=NN(C(N)=O)c5ccccc5)[nH]c(=O)c4c(O)c21)C3=O. The second kappa shape index (κ2) is 9.97. The van der Waals surface area contributed by atoms with Crippen LogP contribution in [0.5, 0.6) is 17.2 Å². The van der Waals surface area contributed by atoms with Gasteiger partial charge < -0.3 is 30.8 Å². The van der Waals surface area contributed by atoms with Crippen LogP contribution in [0.15, 0.2) is 64.2 Å². The number of fused-ring (bicyclic) bond motifs is 5. The summed E-state index contributed by atoms with van der Waals surface area (Å²) in [6.45, 7) is 0. The van der Waals surface area contributed by atoms with Crippen molar-refractivity contribution in [1.82, 2.24) is 4.98 Å². The minimum Gasteiger partial charge on any atom is -0.507 e. The zero-order chi connectivity index (χ0) is 33.5. The van der Waals surface area contributed by atoms with Crippen LogP contribution in [0.3, 0.4) is 0 Å². The zero-order valence-electron chi connectivity index (χ0n) is 24.3. The van der Waals surface area contributed by atoms with Gasteiger partial charge in [0.15, 0.2) is 23.1 Å². The van der Waals surface area contributed by atoms with Crippen LogP contribution >= 0.6 is 0 Å². The molecule has 3 aliphatic carbocycles. The highest BCUT2D eigenvalue weighted by atomic mass is 16.5. The minimum absolute atomic E-state index is 0.0679. The first-order valence-corrected chi connectivity index (χ1v) is 14.1. The van der Waals surface area contributed by atoms with Crippen molar-refractivity contribution in [3.8, 4) is 17.2 Å². The Balaban J connectivity index is 1.36. The number of pyridine rings is 1. The number of aromatic amines is 1. The van der Waals surface area contributed by atoms with Crippen molar-refractivity contribution in [2.24, 2.45) is 10.8 Å². The lowest BCUT2D eigenvalue weighted by Gasteiger charge is -2.22. The molecule has 0 saturated heterocycles. The molecule has 1 atom stereocenters. The van der Waals surface area contributed by atoms with Gasteiger partial charge in [0, 0.05) is 11.6 Å². The number of para-hydroxylation sites is 1. The summed E-state index contributed by atoms with van der Waals surface area (Å²) in [5.41, 5.74) is 0.472. The Labute approximate surface area is 263 Å². The molecular weight excluding hydrogens is 612 g/mol. The molecule has 3 aromatic carbocycles. The minimum atomic E-state index is -2.16. The molecule has 14 nitrogen and oxygen atoms in total. The molecule has 3 aliphatic rings. The monoisotopic (exact) mass is 634 g/mol. The van der Waals surface area contributed by atoms with E-state index < -0.39 is 85.4 Å². The Kier molecular flexibility index (Phi) is 6.18. The van der Waals surface area contributed by atoms with Crippen LogP contribution in [-0.2, 0) is 16.6 Å². The number of Topliss-reactive ketones (excluding diaryl/α,β-unsaturated/α-hetero) is 3. The Hall–Kier alpha value is -6.57. The molecule has 47 heavy (non-hydrogen) atoms. The first-order chi connectivity index (χ1) is 22.4. The number of allylic oxidation sites excluding steroid dienone is 2. The summed E-state index contributed by atoms with van der Waals surface area (Å²) in [5, 5.41) is 38.8. The fourth-order valence-electron chi connectivity index (χ4n) is 6.77. The lowest BCUT2D eigenvalue weighted by molar-refractivity contribution is 0.0790. The number of urea groups is 1. The molecule has 0 radical (unpaired) electrons. The number of benzene rings is 3. The van der Waals surface area contributed by atoms with Crippen LogP contribution in [0.25, 0.3) is 10.8 Å². The third-order valence-corrected chi connectivity index (χ3v) is 8.78. The molecule has 1 unspecified atom stereocenters. The van der Waals surface area contributed by atoms with Gasteiger partial charge in [-0.1, -0.05) is 24.3 Å². The average Bonchev–Trinajstić information content (AvgIpc) is 3.53. The summed E-state index contributed by atoms with van der Waals surface area (Å²) in [4.78, 5) is 82.0. The Morgan fingerprint density at radius 3 is 2.26 bits per heavy atom. The summed E-state index contributed by atoms with van der Waals surface area (Å²) in [6.07, 6.45) is 1.85. The fraction of sp³-hybridized carbons (Fsp3) is 0.121. The van der Waals surface area contributed by atoms with E-state index in [1.165, 1.54) is 18.3 Å². The fourth-order valence-corrected chi connectivity index (χ4v) is 6.77. The summed E-state index contributed by atoms with van der Waals surface area (Å²) >= 11 is 0. The number of rotatable bonds is 4. The smallest absolute Gasteiger partial charge is 0.340 e. The highest BCUT2D eigenvalue weighted by Gasteiger charge is 2.61. The number of ether oxygens (including phenoxy) is 1. The molecule has 234 valence electrons. The summed E-state index contributed by atoms with van der Waals surface area (Å²) in [6, 6.07) is 10.4. The van der Waals surface area contributed by atoms with Gasteiger partial charge in [-0.25, -0.2) is 4.79 Å². The van der Waals surface area contributed by atoms with Crippen molar-refractivity contribution in [3.05, 3.63) is 104 Å². The van der Waals surface area contributed by atoms with Gasteiger partial charge in [0.05, 0.1) is 52.3 Å². The highest BCUT2D eigenvalue weighted by Crippen LogP contribution is 2.57. The molecule has 0 fully saturated rings. The van der Waals surface area contributed by atoms with Crippen LogP contribution in [0, 0.1) is 0 Å². The summed E-state index contributed by atoms with van der Waals surface area (Å²) in [7, 11) is 1.12. The largest absolute Gasteiger partial charge is 0.507 e. The number of primary amides is 1. The number of hydrazone groups is 1. The van der Waals surface area contributed by atoms with Crippen LogP contribution < -0.4 is 16.3 Å². The van der Waals surface area contributed by atoms with Crippen molar-refractivity contribution in [2.75, 3.05) is 12.1 Å². The van der Waals surface area contributed by atoms with Crippen molar-refractivity contribution < 1.29 is 44.0 Å². The standard InChI is InChI=1S/C33H22N4O10/c1-47-18-11-17(38)20-21(25(18)39)27(41)23-22(26(20)40)29(43)33(30(23)44)8-7-13-9-14-10-15(36-31(45)19(14)28(42)24(13)33)12-35-37(32(34)46)16-5-3-2-4-6-16/h2-6,9-12,40-42H,7-8H2,1H3,(H2,34,46)(H,36,45). The Morgan fingerprint density at radius 2 is 1.62 bits per heavy atom. The molecule has 4 aromatic rings. The second-order valence-electron chi connectivity index (χ2n) is 11.2. The van der Waals surface area contributed by atoms with Gasteiger partial charge in [0.25, 0.3) is 5.56 Å². The molecule has 0 aliphatic heterocycles. The molecule has 7 rings (SSSR count). The lowest BCUT2D eigenvalue weighted by atomic mass is 9.76. The first kappa shape index (κ1) is 29.2. The number of aryl methyl sites for hydroxylation is 1. The predicted octanol–water partition coefficient (Wildman–Crippen LogP) is 2.74. The lowest BCUT2D eigenvalue weighted by Crippen LogP contribution is -2.36. The van der Waals surface area contributed by atoms with E-state index in [-0.39, 0.29) is 34.9 Å². The third-order valence-electron chi connectivity index (χ3n) is 8.78. The molecule has 6 N–H and O–H groups in total. The van der Waals surface area contributed by atoms with Gasteiger partial charge in [-0.15, -0.1) is 0 Å². The number of nitrogens with two attached hydrogens (primary N) is 1. The van der Waals surface area contributed by atoms with Crippen molar-refractivity contribution in [3.63, 3.8) is 0 Å². The summed E-state index contributed by atoms with van der Waals surface area (Å²) < 4.78 is 4.92. The van der Waals surface area contributed by atoms with Crippen molar-refractivity contribution in [1.29, 1.82) is 0 Å². The molecule has 2 amide bonds. The van der Waals surface area contributed by atoms with Crippen LogP contribution in [0.1, 0.15) is 64.7 Å². The van der Waals surface area contributed by atoms with Crippen molar-refractivity contribution >= 4 is 51.8 Å². The number of anilines is 1. The number of phenols is 3. The number of nitrogens with one attached hydrogen (secondary N) is 1. The predicted molar refractivity (Wildman–Crippen MR) is 165 cm³/mol. The zero-order valence-corrected chi connectivity index (χ0v) is 24.3. The average molecular weight is 635 g/mol. The number of phenolic OH excluding ortho intramolecular Hbond substituents is 3. The normalized spacial score (nSPS) is 18.1. The van der Waals surface area contributed by atoms with E-state index in [0.717, 1.165) is 18.2 Å². The molecule has 0 bridgehead atoms. The van der Waals surface area contributed by atoms with Crippen LogP contribution in [-0.4, -0.2) is 62.8 Å². The number of hydrogen-bond donors (Lipinski definition) is 5. The maximum Gasteiger partial charge on any atom is 0.340 e. The molecule has 1 spiro atoms. The van der Waals surface area contributed by atoms with Crippen LogP contribution in [0.4, 0.5) is 10.5 Å². The number of aromatic hydroxyl groups is 3. The van der Waals surface area contributed by atoms with E-state index in [4.69, 9.17) is 10.5 Å². The van der Waals surface area contributed by atoms with E-state index in [1.54, 1.807) is 30.3 Å². The maximum absolute atomic E-state index is 14.1. The molecule has 1 heterocycles. The van der Waals surface area contributed by atoms with Gasteiger partial charge in [-0.3, -0.25) is 24.0 Å². The van der Waals surface area contributed by atoms with E-state index >= 15 is 0 Å². The highest BCUT2D eigenvalue weighted by molar-refractivity contribution is 6.38. The number of methoxy groups -OCH3 is 1. The Bertz CT molecular complexity index is 2300. The molecule has 1 aromatic heterocycles. The van der Waals surface area contributed by atoms with E-state index in [1.807, 2.05) is 0 Å². The number of aromatic nitrogens is 1. The van der Waals surface area contributed by atoms with E-state index in [0.29, 0.717) is 11.3 Å². The quantitative estimate of drug-likeness (QED) is 0.0953.